The van der Waals surface area contributed by atoms with E-state index in [-0.39, 0.29) is 6.07 Å². The number of anilines is 1. The van der Waals surface area contributed by atoms with Crippen molar-refractivity contribution < 1.29 is 40.6 Å². The molecule has 130 valence electrons. The van der Waals surface area contributed by atoms with Crippen molar-refractivity contribution in [3.63, 3.8) is 0 Å². The number of carbonyl (C=O) groups excluding carboxylic acids is 1. The molecular weight excluding hydrogens is 337 g/mol. The Morgan fingerprint density at radius 2 is 1.83 bits per heavy atom. The minimum atomic E-state index is -4.98. The number of likely N-dealkylation sites (N-methyl/N-ethyl adjacent to an activating group) is 1. The summed E-state index contributed by atoms with van der Waals surface area (Å²) in [6.45, 7) is -1.18. The molecule has 0 fully saturated rings. The van der Waals surface area contributed by atoms with E-state index in [1.807, 2.05) is 0 Å². The molecule has 0 spiro atoms. The zero-order chi connectivity index (χ0) is 18.0. The molecule has 0 heterocycles. The Hall–Kier alpha value is -2.04. The van der Waals surface area contributed by atoms with Crippen LogP contribution >= 0.6 is 0 Å². The highest BCUT2D eigenvalue weighted by Gasteiger charge is 2.40. The number of alkyl halides is 6. The Kier molecular flexibility index (Phi) is 5.46. The van der Waals surface area contributed by atoms with E-state index >= 15 is 0 Å². The summed E-state index contributed by atoms with van der Waals surface area (Å²) in [5.41, 5.74) is -2.31. The number of nitrogens with zero attached hydrogens (tertiary/aromatic N) is 1. The number of hydrogen-bond donors (Lipinski definition) is 2. The van der Waals surface area contributed by atoms with Gasteiger partial charge >= 0.3 is 18.4 Å². The third-order valence-corrected chi connectivity index (χ3v) is 2.70. The van der Waals surface area contributed by atoms with Crippen molar-refractivity contribution >= 4 is 11.7 Å². The molecule has 2 amide bonds. The molecular formula is C12H11F7N2O2. The van der Waals surface area contributed by atoms with Crippen molar-refractivity contribution in [1.29, 1.82) is 0 Å². The van der Waals surface area contributed by atoms with E-state index < -0.39 is 48.1 Å². The van der Waals surface area contributed by atoms with Crippen LogP contribution in [0.2, 0.25) is 0 Å². The van der Waals surface area contributed by atoms with E-state index in [0.717, 1.165) is 7.05 Å². The normalized spacial score (nSPS) is 13.6. The van der Waals surface area contributed by atoms with Crippen LogP contribution < -0.4 is 5.32 Å². The summed E-state index contributed by atoms with van der Waals surface area (Å²) >= 11 is 0. The van der Waals surface area contributed by atoms with Crippen LogP contribution in [0.4, 0.5) is 41.2 Å². The predicted molar refractivity (Wildman–Crippen MR) is 65.1 cm³/mol. The number of amides is 2. The minimum Gasteiger partial charge on any atom is -0.382 e. The fourth-order valence-electron chi connectivity index (χ4n) is 1.52. The lowest BCUT2D eigenvalue weighted by Gasteiger charge is -2.23. The minimum absolute atomic E-state index is 0.139. The average Bonchev–Trinajstić information content (AvgIpc) is 2.38. The third kappa shape index (κ3) is 5.27. The summed E-state index contributed by atoms with van der Waals surface area (Å²) in [4.78, 5) is 12.0. The number of nitrogens with one attached hydrogen (secondary N) is 1. The molecule has 0 bridgehead atoms. The molecule has 0 saturated heterocycles. The van der Waals surface area contributed by atoms with Gasteiger partial charge in [0.25, 0.3) is 0 Å². The van der Waals surface area contributed by atoms with Crippen LogP contribution in [0.3, 0.4) is 0 Å². The van der Waals surface area contributed by atoms with Gasteiger partial charge < -0.3 is 15.3 Å². The Labute approximate surface area is 125 Å². The van der Waals surface area contributed by atoms with E-state index in [1.54, 1.807) is 5.32 Å². The second-order valence-corrected chi connectivity index (χ2v) is 4.56. The lowest BCUT2D eigenvalue weighted by atomic mass is 10.1. The standard InChI is InChI=1S/C12H11F7N2O2/c1-21(5-9(22)12(17,18)19)10(23)20-8-3-2-6(13)4-7(8)11(14,15)16/h2-4,9,22H,5H2,1H3,(H,20,23). The van der Waals surface area contributed by atoms with Crippen LogP contribution in [-0.2, 0) is 6.18 Å². The smallest absolute Gasteiger partial charge is 0.382 e. The van der Waals surface area contributed by atoms with Gasteiger partial charge in [0, 0.05) is 7.05 Å². The molecule has 11 heteroatoms. The largest absolute Gasteiger partial charge is 0.418 e. The van der Waals surface area contributed by atoms with E-state index in [0.29, 0.717) is 17.0 Å². The molecule has 1 aromatic rings. The fraction of sp³-hybridized carbons (Fsp3) is 0.417. The molecule has 2 N–H and O–H groups in total. The quantitative estimate of drug-likeness (QED) is 0.824. The Morgan fingerprint density at radius 3 is 2.30 bits per heavy atom. The molecule has 0 saturated carbocycles. The van der Waals surface area contributed by atoms with E-state index in [4.69, 9.17) is 5.11 Å². The monoisotopic (exact) mass is 348 g/mol. The summed E-state index contributed by atoms with van der Waals surface area (Å²) in [6.07, 6.45) is -12.8. The summed E-state index contributed by atoms with van der Waals surface area (Å²) in [6, 6.07) is 0.0880. The van der Waals surface area contributed by atoms with E-state index in [2.05, 4.69) is 0 Å². The molecule has 1 rings (SSSR count). The SMILES string of the molecule is CN(CC(O)C(F)(F)F)C(=O)Nc1ccc(F)cc1C(F)(F)F. The molecule has 23 heavy (non-hydrogen) atoms. The Morgan fingerprint density at radius 1 is 1.26 bits per heavy atom. The molecule has 1 unspecified atom stereocenters. The number of benzene rings is 1. The van der Waals surface area contributed by atoms with Gasteiger partial charge in [0.2, 0.25) is 0 Å². The van der Waals surface area contributed by atoms with Gasteiger partial charge in [-0.15, -0.1) is 0 Å². The summed E-state index contributed by atoms with van der Waals surface area (Å²) < 4.78 is 87.6. The van der Waals surface area contributed by atoms with Crippen LogP contribution in [0.15, 0.2) is 18.2 Å². The van der Waals surface area contributed by atoms with Gasteiger partial charge in [-0.25, -0.2) is 9.18 Å². The van der Waals surface area contributed by atoms with E-state index in [1.165, 1.54) is 0 Å². The molecule has 0 aliphatic heterocycles. The van der Waals surface area contributed by atoms with Crippen LogP contribution in [0, 0.1) is 5.82 Å². The third-order valence-electron chi connectivity index (χ3n) is 2.70. The summed E-state index contributed by atoms with van der Waals surface area (Å²) in [5, 5.41) is 10.5. The summed E-state index contributed by atoms with van der Waals surface area (Å²) in [5.74, 6) is -1.20. The van der Waals surface area contributed by atoms with Gasteiger partial charge in [0.1, 0.15) is 5.82 Å². The number of hydrogen-bond acceptors (Lipinski definition) is 2. The van der Waals surface area contributed by atoms with Gasteiger partial charge in [-0.05, 0) is 18.2 Å². The molecule has 0 aliphatic carbocycles. The molecule has 1 aromatic carbocycles. The van der Waals surface area contributed by atoms with Crippen molar-refractivity contribution in [3.05, 3.63) is 29.6 Å². The van der Waals surface area contributed by atoms with Crippen molar-refractivity contribution in [2.24, 2.45) is 0 Å². The van der Waals surface area contributed by atoms with Crippen molar-refractivity contribution in [3.8, 4) is 0 Å². The zero-order valence-corrected chi connectivity index (χ0v) is 11.5. The molecule has 0 radical (unpaired) electrons. The van der Waals surface area contributed by atoms with Crippen LogP contribution in [0.5, 0.6) is 0 Å². The topological polar surface area (TPSA) is 52.6 Å². The second-order valence-electron chi connectivity index (χ2n) is 4.56. The van der Waals surface area contributed by atoms with Gasteiger partial charge in [-0.3, -0.25) is 0 Å². The van der Waals surface area contributed by atoms with Crippen molar-refractivity contribution in [2.75, 3.05) is 18.9 Å². The number of urea groups is 1. The van der Waals surface area contributed by atoms with Crippen LogP contribution in [0.1, 0.15) is 5.56 Å². The fourth-order valence-corrected chi connectivity index (χ4v) is 1.52. The molecule has 0 aliphatic rings. The lowest BCUT2D eigenvalue weighted by Crippen LogP contribution is -2.43. The number of rotatable bonds is 3. The van der Waals surface area contributed by atoms with Gasteiger partial charge in [0.15, 0.2) is 6.10 Å². The highest BCUT2D eigenvalue weighted by Crippen LogP contribution is 2.35. The first-order chi connectivity index (χ1) is 10.3. The highest BCUT2D eigenvalue weighted by molar-refractivity contribution is 5.90. The number of aliphatic hydroxyl groups is 1. The lowest BCUT2D eigenvalue weighted by molar-refractivity contribution is -0.205. The average molecular weight is 348 g/mol. The van der Waals surface area contributed by atoms with Crippen molar-refractivity contribution in [2.45, 2.75) is 18.5 Å². The zero-order valence-electron chi connectivity index (χ0n) is 11.5. The predicted octanol–water partition coefficient (Wildman–Crippen LogP) is 3.23. The van der Waals surface area contributed by atoms with Gasteiger partial charge in [-0.1, -0.05) is 0 Å². The number of aliphatic hydroxyl groups excluding tert-OH is 1. The molecule has 0 aromatic heterocycles. The Bertz CT molecular complexity index is 572. The van der Waals surface area contributed by atoms with Crippen LogP contribution in [-0.4, -0.2) is 41.9 Å². The second kappa shape index (κ2) is 6.60. The first-order valence-corrected chi connectivity index (χ1v) is 5.96. The maximum absolute atomic E-state index is 12.9. The Balaban J connectivity index is 2.90. The molecule has 1 atom stereocenters. The highest BCUT2D eigenvalue weighted by atomic mass is 19.4. The summed E-state index contributed by atoms with van der Waals surface area (Å²) in [7, 11) is 0.848. The number of halogens is 7. The number of carbonyl (C=O) groups is 1. The molecule has 4 nitrogen and oxygen atoms in total. The maximum atomic E-state index is 12.9. The first kappa shape index (κ1) is 19.0. The van der Waals surface area contributed by atoms with Crippen molar-refractivity contribution in [1.82, 2.24) is 4.90 Å². The van der Waals surface area contributed by atoms with Crippen LogP contribution in [0.25, 0.3) is 0 Å². The van der Waals surface area contributed by atoms with Gasteiger partial charge in [0.05, 0.1) is 17.8 Å². The van der Waals surface area contributed by atoms with E-state index in [9.17, 15) is 35.5 Å². The first-order valence-electron chi connectivity index (χ1n) is 5.96. The van der Waals surface area contributed by atoms with Gasteiger partial charge in [-0.2, -0.15) is 26.3 Å². The maximum Gasteiger partial charge on any atom is 0.418 e.